The number of benzene rings is 2. The Bertz CT molecular complexity index is 635. The monoisotopic (exact) mass is 287 g/mol. The molecule has 0 saturated heterocycles. The van der Waals surface area contributed by atoms with Crippen LogP contribution in [0.5, 0.6) is 0 Å². The summed E-state index contributed by atoms with van der Waals surface area (Å²) in [6.07, 6.45) is 1.62. The molecule has 0 aliphatic rings. The van der Waals surface area contributed by atoms with Gasteiger partial charge in [0.15, 0.2) is 0 Å². The van der Waals surface area contributed by atoms with E-state index in [-0.39, 0.29) is 5.91 Å². The van der Waals surface area contributed by atoms with Crippen molar-refractivity contribution in [3.05, 3.63) is 65.2 Å². The van der Waals surface area contributed by atoms with Gasteiger partial charge in [-0.25, -0.2) is 0 Å². The summed E-state index contributed by atoms with van der Waals surface area (Å²) in [6, 6.07) is 14.9. The number of amides is 1. The second kappa shape index (κ2) is 6.48. The molecule has 0 aromatic heterocycles. The van der Waals surface area contributed by atoms with Crippen LogP contribution in [0.1, 0.15) is 21.5 Å². The molecule has 20 heavy (non-hydrogen) atoms. The Balaban J connectivity index is 1.99. The molecule has 0 radical (unpaired) electrons. The molecule has 0 aliphatic heterocycles. The first-order chi connectivity index (χ1) is 9.56. The number of carbonyl (C=O) groups is 1. The number of nitrogens with one attached hydrogen (secondary N) is 1. The van der Waals surface area contributed by atoms with E-state index in [2.05, 4.69) is 5.32 Å². The van der Waals surface area contributed by atoms with Crippen LogP contribution in [0.4, 0.5) is 0 Å². The Morgan fingerprint density at radius 2 is 1.85 bits per heavy atom. The molecule has 0 fully saturated rings. The maximum atomic E-state index is 12.0. The number of hydrogen-bond acceptors (Lipinski definition) is 2. The summed E-state index contributed by atoms with van der Waals surface area (Å²) in [7, 11) is -1.02. The van der Waals surface area contributed by atoms with Crippen molar-refractivity contribution in [2.24, 2.45) is 0 Å². The van der Waals surface area contributed by atoms with Gasteiger partial charge in [-0.15, -0.1) is 0 Å². The molecule has 0 aliphatic carbocycles. The molecule has 0 heterocycles. The molecule has 104 valence electrons. The Morgan fingerprint density at radius 3 is 2.45 bits per heavy atom. The highest BCUT2D eigenvalue weighted by Gasteiger charge is 2.06. The average Bonchev–Trinajstić information content (AvgIpc) is 2.45. The zero-order valence-corrected chi connectivity index (χ0v) is 12.4. The number of rotatable bonds is 4. The van der Waals surface area contributed by atoms with Crippen molar-refractivity contribution < 1.29 is 9.00 Å². The van der Waals surface area contributed by atoms with Gasteiger partial charge in [0.25, 0.3) is 5.91 Å². The molecule has 3 nitrogen and oxygen atoms in total. The van der Waals surface area contributed by atoms with E-state index in [0.717, 1.165) is 10.5 Å². The molecule has 2 rings (SSSR count). The molecule has 2 aromatic rings. The van der Waals surface area contributed by atoms with E-state index < -0.39 is 10.8 Å². The third kappa shape index (κ3) is 3.78. The van der Waals surface area contributed by atoms with Gasteiger partial charge in [-0.2, -0.15) is 0 Å². The maximum Gasteiger partial charge on any atom is 0.251 e. The molecular weight excluding hydrogens is 270 g/mol. The fourth-order valence-corrected chi connectivity index (χ4v) is 2.42. The molecule has 0 spiro atoms. The van der Waals surface area contributed by atoms with Crippen molar-refractivity contribution in [2.45, 2.75) is 18.4 Å². The van der Waals surface area contributed by atoms with Gasteiger partial charge in [0, 0.05) is 34.1 Å². The third-order valence-corrected chi connectivity index (χ3v) is 3.92. The third-order valence-electron chi connectivity index (χ3n) is 2.98. The quantitative estimate of drug-likeness (QED) is 0.939. The van der Waals surface area contributed by atoms with Crippen molar-refractivity contribution in [1.29, 1.82) is 0 Å². The predicted molar refractivity (Wildman–Crippen MR) is 81.1 cm³/mol. The van der Waals surface area contributed by atoms with E-state index in [9.17, 15) is 9.00 Å². The number of hydrogen-bond donors (Lipinski definition) is 1. The Labute approximate surface area is 121 Å². The first-order valence-corrected chi connectivity index (χ1v) is 7.89. The summed E-state index contributed by atoms with van der Waals surface area (Å²) in [6.45, 7) is 2.52. The predicted octanol–water partition coefficient (Wildman–Crippen LogP) is 2.66. The van der Waals surface area contributed by atoms with Crippen LogP contribution in [-0.2, 0) is 17.3 Å². The van der Waals surface area contributed by atoms with Gasteiger partial charge in [-0.1, -0.05) is 29.8 Å². The van der Waals surface area contributed by atoms with Crippen molar-refractivity contribution in [2.75, 3.05) is 6.26 Å². The highest BCUT2D eigenvalue weighted by molar-refractivity contribution is 7.84. The molecule has 0 bridgehead atoms. The van der Waals surface area contributed by atoms with Gasteiger partial charge in [-0.3, -0.25) is 9.00 Å². The highest BCUT2D eigenvalue weighted by Crippen LogP contribution is 2.08. The fourth-order valence-electron chi connectivity index (χ4n) is 1.90. The van der Waals surface area contributed by atoms with E-state index in [0.29, 0.717) is 12.1 Å². The Morgan fingerprint density at radius 1 is 1.15 bits per heavy atom. The van der Waals surface area contributed by atoms with Crippen LogP contribution in [0.3, 0.4) is 0 Å². The van der Waals surface area contributed by atoms with Crippen LogP contribution in [0, 0.1) is 6.92 Å². The summed E-state index contributed by atoms with van der Waals surface area (Å²) < 4.78 is 11.3. The van der Waals surface area contributed by atoms with Crippen LogP contribution >= 0.6 is 0 Å². The summed E-state index contributed by atoms with van der Waals surface area (Å²) in [5, 5.41) is 2.88. The molecule has 4 heteroatoms. The number of carbonyl (C=O) groups excluding carboxylic acids is 1. The molecule has 1 unspecified atom stereocenters. The topological polar surface area (TPSA) is 46.2 Å². The largest absolute Gasteiger partial charge is 0.348 e. The molecular formula is C16H17NO2S. The lowest BCUT2D eigenvalue weighted by atomic mass is 10.1. The standard InChI is InChI=1S/C16H17NO2S/c1-12-4-3-5-13(10-12)11-17-16(18)14-6-8-15(9-7-14)20(2)19/h3-10H,11H2,1-2H3,(H,17,18). The fraction of sp³-hybridized carbons (Fsp3) is 0.188. The van der Waals surface area contributed by atoms with Crippen molar-refractivity contribution in [1.82, 2.24) is 5.32 Å². The van der Waals surface area contributed by atoms with Crippen LogP contribution in [-0.4, -0.2) is 16.4 Å². The van der Waals surface area contributed by atoms with Gasteiger partial charge in [0.05, 0.1) is 0 Å². The van der Waals surface area contributed by atoms with Crippen molar-refractivity contribution in [3.8, 4) is 0 Å². The summed E-state index contributed by atoms with van der Waals surface area (Å²) in [5.41, 5.74) is 2.82. The number of aryl methyl sites for hydroxylation is 1. The maximum absolute atomic E-state index is 12.0. The van der Waals surface area contributed by atoms with Crippen molar-refractivity contribution in [3.63, 3.8) is 0 Å². The van der Waals surface area contributed by atoms with E-state index >= 15 is 0 Å². The van der Waals surface area contributed by atoms with E-state index in [4.69, 9.17) is 0 Å². The second-order valence-corrected chi connectivity index (χ2v) is 6.03. The van der Waals surface area contributed by atoms with Crippen LogP contribution in [0.2, 0.25) is 0 Å². The van der Waals surface area contributed by atoms with Crippen LogP contribution < -0.4 is 5.32 Å². The molecule has 0 saturated carbocycles. The highest BCUT2D eigenvalue weighted by atomic mass is 32.2. The minimum absolute atomic E-state index is 0.125. The minimum atomic E-state index is -1.02. The summed E-state index contributed by atoms with van der Waals surface area (Å²) in [4.78, 5) is 12.7. The lowest BCUT2D eigenvalue weighted by Gasteiger charge is -2.06. The molecule has 2 aromatic carbocycles. The molecule has 1 N–H and O–H groups in total. The minimum Gasteiger partial charge on any atom is -0.348 e. The lowest BCUT2D eigenvalue weighted by Crippen LogP contribution is -2.22. The van der Waals surface area contributed by atoms with Gasteiger partial charge in [0.1, 0.15) is 0 Å². The van der Waals surface area contributed by atoms with Gasteiger partial charge in [-0.05, 0) is 36.8 Å². The normalized spacial score (nSPS) is 11.9. The first kappa shape index (κ1) is 14.5. The summed E-state index contributed by atoms with van der Waals surface area (Å²) >= 11 is 0. The van der Waals surface area contributed by atoms with E-state index in [1.165, 1.54) is 5.56 Å². The van der Waals surface area contributed by atoms with Gasteiger partial charge in [0.2, 0.25) is 0 Å². The molecule has 1 amide bonds. The van der Waals surface area contributed by atoms with E-state index in [1.807, 2.05) is 31.2 Å². The van der Waals surface area contributed by atoms with Crippen molar-refractivity contribution >= 4 is 16.7 Å². The average molecular weight is 287 g/mol. The van der Waals surface area contributed by atoms with Gasteiger partial charge >= 0.3 is 0 Å². The van der Waals surface area contributed by atoms with Crippen LogP contribution in [0.15, 0.2) is 53.4 Å². The SMILES string of the molecule is Cc1cccc(CNC(=O)c2ccc(S(C)=O)cc2)c1. The molecule has 1 atom stereocenters. The summed E-state index contributed by atoms with van der Waals surface area (Å²) in [5.74, 6) is -0.125. The zero-order valence-electron chi connectivity index (χ0n) is 11.6. The Kier molecular flexibility index (Phi) is 4.69. The second-order valence-electron chi connectivity index (χ2n) is 4.65. The first-order valence-electron chi connectivity index (χ1n) is 6.33. The van der Waals surface area contributed by atoms with E-state index in [1.54, 1.807) is 30.5 Å². The Hall–Kier alpha value is -1.94. The van der Waals surface area contributed by atoms with Crippen LogP contribution in [0.25, 0.3) is 0 Å². The van der Waals surface area contributed by atoms with Gasteiger partial charge < -0.3 is 5.32 Å². The lowest BCUT2D eigenvalue weighted by molar-refractivity contribution is 0.0951. The smallest absolute Gasteiger partial charge is 0.251 e. The zero-order chi connectivity index (χ0) is 14.5.